The molecule has 1 aromatic carbocycles. The Bertz CT molecular complexity index is 395. The quantitative estimate of drug-likeness (QED) is 0.607. The zero-order chi connectivity index (χ0) is 11.1. The van der Waals surface area contributed by atoms with E-state index in [2.05, 4.69) is 0 Å². The minimum absolute atomic E-state index is 0.244. The third-order valence-electron chi connectivity index (χ3n) is 2.04. The number of benzene rings is 1. The topological polar surface area (TPSA) is 52.6 Å². The smallest absolute Gasteiger partial charge is 0.342 e. The van der Waals surface area contributed by atoms with Crippen molar-refractivity contribution >= 4 is 11.9 Å². The molecular weight excluding hydrogens is 196 g/mol. The van der Waals surface area contributed by atoms with Crippen LogP contribution in [0.15, 0.2) is 24.3 Å². The van der Waals surface area contributed by atoms with Crippen LogP contribution in [0, 0.1) is 0 Å². The van der Waals surface area contributed by atoms with Crippen molar-refractivity contribution in [3.8, 4) is 0 Å². The average Bonchev–Trinajstić information content (AvgIpc) is 2.23. The Morgan fingerprint density at radius 1 is 0.933 bits per heavy atom. The molecule has 0 saturated heterocycles. The van der Waals surface area contributed by atoms with Crippen molar-refractivity contribution in [1.82, 2.24) is 0 Å². The molecule has 0 amide bonds. The van der Waals surface area contributed by atoms with Gasteiger partial charge in [0.2, 0.25) is 0 Å². The average molecular weight is 206 g/mol. The van der Waals surface area contributed by atoms with E-state index in [-0.39, 0.29) is 11.1 Å². The first-order valence-corrected chi connectivity index (χ1v) is 4.55. The molecule has 0 atom stereocenters. The van der Waals surface area contributed by atoms with Crippen molar-refractivity contribution < 1.29 is 19.1 Å². The number of carbonyl (C=O) groups is 2. The SMILES string of the molecule is CC1(C)OC(=O)c2ccccc2C(=O)O1. The highest BCUT2D eigenvalue weighted by Crippen LogP contribution is 2.23. The highest BCUT2D eigenvalue weighted by Gasteiger charge is 2.34. The van der Waals surface area contributed by atoms with Crippen LogP contribution in [-0.4, -0.2) is 17.7 Å². The Labute approximate surface area is 86.8 Å². The van der Waals surface area contributed by atoms with E-state index >= 15 is 0 Å². The van der Waals surface area contributed by atoms with Crippen LogP contribution in [0.4, 0.5) is 0 Å². The molecule has 0 radical (unpaired) electrons. The summed E-state index contributed by atoms with van der Waals surface area (Å²) >= 11 is 0. The minimum Gasteiger partial charge on any atom is -0.419 e. The zero-order valence-electron chi connectivity index (χ0n) is 8.44. The van der Waals surface area contributed by atoms with E-state index in [0.29, 0.717) is 0 Å². The Balaban J connectivity index is 2.55. The van der Waals surface area contributed by atoms with Crippen LogP contribution in [0.2, 0.25) is 0 Å². The fourth-order valence-corrected chi connectivity index (χ4v) is 1.42. The van der Waals surface area contributed by atoms with Crippen LogP contribution < -0.4 is 0 Å². The third-order valence-corrected chi connectivity index (χ3v) is 2.04. The molecule has 2 rings (SSSR count). The molecule has 0 saturated carbocycles. The summed E-state index contributed by atoms with van der Waals surface area (Å²) in [5, 5.41) is 0. The number of ether oxygens (including phenoxy) is 2. The maximum atomic E-state index is 11.6. The summed E-state index contributed by atoms with van der Waals surface area (Å²) in [7, 11) is 0. The maximum Gasteiger partial charge on any atom is 0.342 e. The predicted molar refractivity (Wildman–Crippen MR) is 51.4 cm³/mol. The summed E-state index contributed by atoms with van der Waals surface area (Å²) in [6, 6.07) is 6.43. The minimum atomic E-state index is -1.22. The van der Waals surface area contributed by atoms with E-state index in [1.165, 1.54) is 13.8 Å². The molecule has 15 heavy (non-hydrogen) atoms. The monoisotopic (exact) mass is 206 g/mol. The van der Waals surface area contributed by atoms with Crippen LogP contribution in [-0.2, 0) is 9.47 Å². The van der Waals surface area contributed by atoms with Crippen molar-refractivity contribution in [1.29, 1.82) is 0 Å². The number of hydrogen-bond acceptors (Lipinski definition) is 4. The largest absolute Gasteiger partial charge is 0.419 e. The molecule has 1 aliphatic rings. The normalized spacial score (nSPS) is 18.5. The van der Waals surface area contributed by atoms with Gasteiger partial charge < -0.3 is 9.47 Å². The van der Waals surface area contributed by atoms with Gasteiger partial charge in [-0.2, -0.15) is 0 Å². The summed E-state index contributed by atoms with van der Waals surface area (Å²) < 4.78 is 10.0. The van der Waals surface area contributed by atoms with Crippen molar-refractivity contribution in [3.63, 3.8) is 0 Å². The summed E-state index contributed by atoms with van der Waals surface area (Å²) in [6.45, 7) is 3.04. The van der Waals surface area contributed by atoms with Gasteiger partial charge in [-0.25, -0.2) is 9.59 Å². The van der Waals surface area contributed by atoms with E-state index < -0.39 is 17.7 Å². The number of carbonyl (C=O) groups excluding carboxylic acids is 2. The van der Waals surface area contributed by atoms with Gasteiger partial charge in [-0.3, -0.25) is 0 Å². The second-order valence-electron chi connectivity index (χ2n) is 3.72. The number of fused-ring (bicyclic) bond motifs is 1. The van der Waals surface area contributed by atoms with Gasteiger partial charge in [0.25, 0.3) is 5.79 Å². The summed E-state index contributed by atoms with van der Waals surface area (Å²) in [6.07, 6.45) is 0. The first-order valence-electron chi connectivity index (χ1n) is 4.55. The van der Waals surface area contributed by atoms with Gasteiger partial charge in [0.15, 0.2) is 0 Å². The van der Waals surface area contributed by atoms with E-state index in [0.717, 1.165) is 0 Å². The van der Waals surface area contributed by atoms with Crippen LogP contribution >= 0.6 is 0 Å². The summed E-state index contributed by atoms with van der Waals surface area (Å²) in [5.74, 6) is -2.30. The van der Waals surface area contributed by atoms with Gasteiger partial charge in [0, 0.05) is 13.8 Å². The molecule has 1 aromatic rings. The molecule has 1 aliphatic heterocycles. The van der Waals surface area contributed by atoms with Crippen molar-refractivity contribution in [2.45, 2.75) is 19.6 Å². The number of cyclic esters (lactones) is 2. The van der Waals surface area contributed by atoms with E-state index in [1.807, 2.05) is 0 Å². The zero-order valence-corrected chi connectivity index (χ0v) is 8.44. The molecule has 0 N–H and O–H groups in total. The number of esters is 2. The van der Waals surface area contributed by atoms with Crippen LogP contribution in [0.5, 0.6) is 0 Å². The summed E-state index contributed by atoms with van der Waals surface area (Å²) in [4.78, 5) is 23.2. The fourth-order valence-electron chi connectivity index (χ4n) is 1.42. The van der Waals surface area contributed by atoms with Crippen LogP contribution in [0.25, 0.3) is 0 Å². The molecule has 0 aromatic heterocycles. The third kappa shape index (κ3) is 1.70. The molecule has 4 nitrogen and oxygen atoms in total. The first-order chi connectivity index (χ1) is 6.99. The lowest BCUT2D eigenvalue weighted by molar-refractivity contribution is -0.140. The second-order valence-corrected chi connectivity index (χ2v) is 3.72. The van der Waals surface area contributed by atoms with Gasteiger partial charge in [-0.05, 0) is 12.1 Å². The van der Waals surface area contributed by atoms with Crippen molar-refractivity contribution in [3.05, 3.63) is 35.4 Å². The van der Waals surface area contributed by atoms with Gasteiger partial charge in [-0.1, -0.05) is 12.1 Å². The molecular formula is C11H10O4. The lowest BCUT2D eigenvalue weighted by Gasteiger charge is -2.21. The Hall–Kier alpha value is -1.84. The molecule has 0 unspecified atom stereocenters. The number of hydrogen-bond donors (Lipinski definition) is 0. The van der Waals surface area contributed by atoms with Crippen molar-refractivity contribution in [2.24, 2.45) is 0 Å². The molecule has 78 valence electrons. The van der Waals surface area contributed by atoms with Gasteiger partial charge in [0.1, 0.15) is 0 Å². The lowest BCUT2D eigenvalue weighted by atomic mass is 10.1. The van der Waals surface area contributed by atoms with Crippen molar-refractivity contribution in [2.75, 3.05) is 0 Å². The molecule has 4 heteroatoms. The van der Waals surface area contributed by atoms with E-state index in [9.17, 15) is 9.59 Å². The Morgan fingerprint density at radius 3 is 1.73 bits per heavy atom. The maximum absolute atomic E-state index is 11.6. The molecule has 0 bridgehead atoms. The highest BCUT2D eigenvalue weighted by molar-refractivity contribution is 6.04. The van der Waals surface area contributed by atoms with Gasteiger partial charge in [-0.15, -0.1) is 0 Å². The highest BCUT2D eigenvalue weighted by atomic mass is 16.7. The molecule has 1 heterocycles. The lowest BCUT2D eigenvalue weighted by Crippen LogP contribution is -2.30. The Kier molecular flexibility index (Phi) is 2.00. The Morgan fingerprint density at radius 2 is 1.33 bits per heavy atom. The molecule has 0 fully saturated rings. The second kappa shape index (κ2) is 3.08. The first kappa shape index (κ1) is 9.71. The van der Waals surface area contributed by atoms with Gasteiger partial charge in [0.05, 0.1) is 11.1 Å². The summed E-state index contributed by atoms with van der Waals surface area (Å²) in [5.41, 5.74) is 0.487. The number of rotatable bonds is 0. The fraction of sp³-hybridized carbons (Fsp3) is 0.273. The van der Waals surface area contributed by atoms with Crippen LogP contribution in [0.3, 0.4) is 0 Å². The molecule has 0 aliphatic carbocycles. The van der Waals surface area contributed by atoms with E-state index in [1.54, 1.807) is 24.3 Å². The predicted octanol–water partition coefficient (Wildman–Crippen LogP) is 1.75. The molecule has 0 spiro atoms. The van der Waals surface area contributed by atoms with E-state index in [4.69, 9.17) is 9.47 Å². The van der Waals surface area contributed by atoms with Gasteiger partial charge >= 0.3 is 11.9 Å². The van der Waals surface area contributed by atoms with Crippen LogP contribution in [0.1, 0.15) is 34.6 Å². The standard InChI is InChI=1S/C11H10O4/c1-11(2)14-9(12)7-5-3-4-6-8(7)10(13)15-11/h3-6H,1-2H3.